The van der Waals surface area contributed by atoms with Crippen LogP contribution in [0.3, 0.4) is 0 Å². The third-order valence-electron chi connectivity index (χ3n) is 3.25. The van der Waals surface area contributed by atoms with Gasteiger partial charge >= 0.3 is 5.97 Å². The molecule has 0 radical (unpaired) electrons. The van der Waals surface area contributed by atoms with Crippen molar-refractivity contribution in [3.8, 4) is 0 Å². The van der Waals surface area contributed by atoms with Crippen molar-refractivity contribution in [2.45, 2.75) is 25.2 Å². The standard InChI is InChI=1S/C14H16O2/c1-11-8-9-14(10-11,13(15)16-2)12-6-4-3-5-7-12/h3-7,10H,8-9H2,1-2H3/t14-/m1/s1. The van der Waals surface area contributed by atoms with E-state index in [9.17, 15) is 4.79 Å². The second kappa shape index (κ2) is 4.12. The number of carbonyl (C=O) groups excluding carboxylic acids is 1. The van der Waals surface area contributed by atoms with Crippen molar-refractivity contribution >= 4 is 5.97 Å². The zero-order valence-corrected chi connectivity index (χ0v) is 9.69. The predicted molar refractivity (Wildman–Crippen MR) is 63.1 cm³/mol. The summed E-state index contributed by atoms with van der Waals surface area (Å²) in [5, 5.41) is 0. The second-order valence-corrected chi connectivity index (χ2v) is 4.32. The molecule has 2 rings (SSSR count). The molecule has 1 aromatic carbocycles. The van der Waals surface area contributed by atoms with E-state index in [4.69, 9.17) is 4.74 Å². The number of rotatable bonds is 2. The van der Waals surface area contributed by atoms with E-state index in [0.717, 1.165) is 18.4 Å². The van der Waals surface area contributed by atoms with Gasteiger partial charge in [0.2, 0.25) is 0 Å². The number of allylic oxidation sites excluding steroid dienone is 1. The molecule has 0 saturated heterocycles. The van der Waals surface area contributed by atoms with Gasteiger partial charge in [0.25, 0.3) is 0 Å². The van der Waals surface area contributed by atoms with Crippen molar-refractivity contribution in [2.24, 2.45) is 0 Å². The molecule has 16 heavy (non-hydrogen) atoms. The van der Waals surface area contributed by atoms with Crippen LogP contribution in [0.2, 0.25) is 0 Å². The summed E-state index contributed by atoms with van der Waals surface area (Å²) in [7, 11) is 1.45. The highest BCUT2D eigenvalue weighted by atomic mass is 16.5. The Labute approximate surface area is 95.9 Å². The van der Waals surface area contributed by atoms with E-state index in [2.05, 4.69) is 6.92 Å². The highest BCUT2D eigenvalue weighted by Gasteiger charge is 2.41. The molecule has 1 aliphatic carbocycles. The zero-order valence-electron chi connectivity index (χ0n) is 9.69. The highest BCUT2D eigenvalue weighted by molar-refractivity contribution is 5.86. The normalized spacial score (nSPS) is 24.0. The van der Waals surface area contributed by atoms with E-state index in [1.165, 1.54) is 12.7 Å². The van der Waals surface area contributed by atoms with Crippen LogP contribution in [-0.2, 0) is 14.9 Å². The van der Waals surface area contributed by atoms with Crippen molar-refractivity contribution in [3.63, 3.8) is 0 Å². The number of hydrogen-bond donors (Lipinski definition) is 0. The van der Waals surface area contributed by atoms with Gasteiger partial charge in [0.1, 0.15) is 5.41 Å². The van der Waals surface area contributed by atoms with Crippen molar-refractivity contribution in [3.05, 3.63) is 47.5 Å². The summed E-state index contributed by atoms with van der Waals surface area (Å²) in [5.74, 6) is -0.157. The van der Waals surface area contributed by atoms with Crippen molar-refractivity contribution in [1.82, 2.24) is 0 Å². The summed E-state index contributed by atoms with van der Waals surface area (Å²) in [6, 6.07) is 9.86. The lowest BCUT2D eigenvalue weighted by molar-refractivity contribution is -0.145. The highest BCUT2D eigenvalue weighted by Crippen LogP contribution is 2.39. The molecular weight excluding hydrogens is 200 g/mol. The van der Waals surface area contributed by atoms with Gasteiger partial charge in [-0.2, -0.15) is 0 Å². The van der Waals surface area contributed by atoms with Crippen molar-refractivity contribution in [2.75, 3.05) is 7.11 Å². The molecule has 0 fully saturated rings. The molecular formula is C14H16O2. The first-order valence-electron chi connectivity index (χ1n) is 5.51. The topological polar surface area (TPSA) is 26.3 Å². The first-order chi connectivity index (χ1) is 7.69. The van der Waals surface area contributed by atoms with Crippen molar-refractivity contribution in [1.29, 1.82) is 0 Å². The molecule has 0 saturated carbocycles. The third-order valence-corrected chi connectivity index (χ3v) is 3.25. The zero-order chi connectivity index (χ0) is 11.6. The first kappa shape index (κ1) is 10.9. The Morgan fingerprint density at radius 2 is 2.00 bits per heavy atom. The van der Waals surface area contributed by atoms with Gasteiger partial charge < -0.3 is 4.74 Å². The van der Waals surface area contributed by atoms with Crippen LogP contribution in [0.5, 0.6) is 0 Å². The van der Waals surface area contributed by atoms with Crippen LogP contribution in [-0.4, -0.2) is 13.1 Å². The summed E-state index contributed by atoms with van der Waals surface area (Å²) in [5.41, 5.74) is 1.73. The smallest absolute Gasteiger partial charge is 0.320 e. The lowest BCUT2D eigenvalue weighted by atomic mass is 9.80. The van der Waals surface area contributed by atoms with Crippen LogP contribution >= 0.6 is 0 Å². The Balaban J connectivity index is 2.49. The summed E-state index contributed by atoms with van der Waals surface area (Å²) in [6.45, 7) is 2.06. The van der Waals surface area contributed by atoms with E-state index < -0.39 is 5.41 Å². The van der Waals surface area contributed by atoms with Crippen LogP contribution in [0.15, 0.2) is 42.0 Å². The minimum atomic E-state index is -0.555. The van der Waals surface area contributed by atoms with Gasteiger partial charge in [0.15, 0.2) is 0 Å². The molecule has 2 heteroatoms. The number of hydrogen-bond acceptors (Lipinski definition) is 2. The van der Waals surface area contributed by atoms with Crippen LogP contribution in [0.4, 0.5) is 0 Å². The molecule has 0 aromatic heterocycles. The Bertz CT molecular complexity index is 420. The van der Waals surface area contributed by atoms with Gasteiger partial charge in [-0.1, -0.05) is 42.0 Å². The quantitative estimate of drug-likeness (QED) is 0.561. The molecule has 84 valence electrons. The molecule has 0 aliphatic heterocycles. The monoisotopic (exact) mass is 216 g/mol. The molecule has 0 unspecified atom stereocenters. The van der Waals surface area contributed by atoms with Crippen molar-refractivity contribution < 1.29 is 9.53 Å². The molecule has 1 atom stereocenters. The Morgan fingerprint density at radius 3 is 2.50 bits per heavy atom. The summed E-state index contributed by atoms with van der Waals surface area (Å²) in [6.07, 6.45) is 3.83. The number of ether oxygens (including phenoxy) is 1. The maximum Gasteiger partial charge on any atom is 0.320 e. The van der Waals surface area contributed by atoms with Gasteiger partial charge in [-0.25, -0.2) is 0 Å². The largest absolute Gasteiger partial charge is 0.468 e. The van der Waals surface area contributed by atoms with Gasteiger partial charge in [0, 0.05) is 0 Å². The van der Waals surface area contributed by atoms with E-state index in [1.807, 2.05) is 36.4 Å². The average molecular weight is 216 g/mol. The van der Waals surface area contributed by atoms with Crippen LogP contribution in [0.25, 0.3) is 0 Å². The lowest BCUT2D eigenvalue weighted by Crippen LogP contribution is -2.33. The second-order valence-electron chi connectivity index (χ2n) is 4.32. The van der Waals surface area contributed by atoms with Crippen LogP contribution in [0, 0.1) is 0 Å². The Hall–Kier alpha value is -1.57. The van der Waals surface area contributed by atoms with Crippen LogP contribution in [0.1, 0.15) is 25.3 Å². The molecule has 0 amide bonds. The summed E-state index contributed by atoms with van der Waals surface area (Å²) < 4.78 is 4.96. The Kier molecular flexibility index (Phi) is 2.82. The third kappa shape index (κ3) is 1.64. The van der Waals surface area contributed by atoms with E-state index >= 15 is 0 Å². The molecule has 0 N–H and O–H groups in total. The maximum absolute atomic E-state index is 12.0. The fraction of sp³-hybridized carbons (Fsp3) is 0.357. The summed E-state index contributed by atoms with van der Waals surface area (Å²) >= 11 is 0. The predicted octanol–water partition coefficient (Wildman–Crippen LogP) is 2.84. The first-order valence-corrected chi connectivity index (χ1v) is 5.51. The van der Waals surface area contributed by atoms with E-state index in [1.54, 1.807) is 0 Å². The molecule has 1 aromatic rings. The van der Waals surface area contributed by atoms with Gasteiger partial charge in [-0.05, 0) is 25.3 Å². The molecule has 1 aliphatic rings. The molecule has 2 nitrogen and oxygen atoms in total. The summed E-state index contributed by atoms with van der Waals surface area (Å²) in [4.78, 5) is 12.0. The molecule has 0 bridgehead atoms. The number of esters is 1. The molecule has 0 spiro atoms. The SMILES string of the molecule is COC(=O)[C@@]1(c2ccccc2)C=C(C)CC1. The fourth-order valence-electron chi connectivity index (χ4n) is 2.38. The minimum Gasteiger partial charge on any atom is -0.468 e. The van der Waals surface area contributed by atoms with Crippen LogP contribution < -0.4 is 0 Å². The molecule has 0 heterocycles. The van der Waals surface area contributed by atoms with Gasteiger partial charge in [-0.3, -0.25) is 4.79 Å². The van der Waals surface area contributed by atoms with E-state index in [-0.39, 0.29) is 5.97 Å². The fourth-order valence-corrected chi connectivity index (χ4v) is 2.38. The minimum absolute atomic E-state index is 0.157. The number of benzene rings is 1. The van der Waals surface area contributed by atoms with Gasteiger partial charge in [0.05, 0.1) is 7.11 Å². The van der Waals surface area contributed by atoms with E-state index in [0.29, 0.717) is 0 Å². The Morgan fingerprint density at radius 1 is 1.31 bits per heavy atom. The number of methoxy groups -OCH3 is 1. The maximum atomic E-state index is 12.0. The average Bonchev–Trinajstić information content (AvgIpc) is 2.73. The van der Waals surface area contributed by atoms with Gasteiger partial charge in [-0.15, -0.1) is 0 Å². The lowest BCUT2D eigenvalue weighted by Gasteiger charge is -2.24. The number of carbonyl (C=O) groups is 1.